The average molecular weight is 297 g/mol. The van der Waals surface area contributed by atoms with E-state index in [2.05, 4.69) is 19.7 Å². The highest BCUT2D eigenvalue weighted by Gasteiger charge is 1.93. The summed E-state index contributed by atoms with van der Waals surface area (Å²) in [5, 5.41) is 22.8. The molecule has 0 rings (SSSR count). The van der Waals surface area contributed by atoms with Gasteiger partial charge in [0.15, 0.2) is 0 Å². The third-order valence-corrected chi connectivity index (χ3v) is 0.524. The molecule has 10 heteroatoms. The number of carbonyl (C=O) groups is 3. The third kappa shape index (κ3) is 219. The molecule has 19 heavy (non-hydrogen) atoms. The van der Waals surface area contributed by atoms with Gasteiger partial charge in [-0.05, 0) is 0 Å². The Balaban J connectivity index is -0.0000000793. The van der Waals surface area contributed by atoms with Crippen molar-refractivity contribution in [2.75, 3.05) is 0 Å². The van der Waals surface area contributed by atoms with Gasteiger partial charge < -0.3 is 15.3 Å². The van der Waals surface area contributed by atoms with Crippen LogP contribution >= 0.6 is 8.25 Å². The number of carboxylic acids is 3. The zero-order valence-corrected chi connectivity index (χ0v) is 10.6. The summed E-state index contributed by atoms with van der Waals surface area (Å²) >= 11 is 0. The Kier molecular flexibility index (Phi) is 28.2. The van der Waals surface area contributed by atoms with Crippen molar-refractivity contribution in [3.05, 3.63) is 38.0 Å². The van der Waals surface area contributed by atoms with Crippen molar-refractivity contribution in [2.45, 2.75) is 0 Å². The van der Waals surface area contributed by atoms with Crippen LogP contribution in [0.25, 0.3) is 0 Å². The van der Waals surface area contributed by atoms with E-state index in [-0.39, 0.29) is 0 Å². The van der Waals surface area contributed by atoms with Crippen molar-refractivity contribution in [1.29, 1.82) is 0 Å². The van der Waals surface area contributed by atoms with E-state index in [1.54, 1.807) is 0 Å². The third-order valence-electron chi connectivity index (χ3n) is 0.524. The van der Waals surface area contributed by atoms with Crippen molar-refractivity contribution in [3.63, 3.8) is 0 Å². The largest absolute Gasteiger partial charge is 0.692 e. The molecule has 0 aliphatic rings. The maximum atomic E-state index is 9.25. The van der Waals surface area contributed by atoms with Gasteiger partial charge in [-0.2, -0.15) is 0 Å². The number of hydrogen-bond acceptors (Lipinski definition) is 4. The molecular weight excluding hydrogens is 283 g/mol. The van der Waals surface area contributed by atoms with Crippen molar-refractivity contribution in [3.8, 4) is 0 Å². The highest BCUT2D eigenvalue weighted by atomic mass is 31.1. The Bertz CT molecular complexity index is 288. The molecule has 0 atom stereocenters. The molecule has 0 aromatic rings. The molecule has 9 nitrogen and oxygen atoms in total. The Labute approximate surface area is 109 Å². The van der Waals surface area contributed by atoms with Crippen LogP contribution < -0.4 is 0 Å². The van der Waals surface area contributed by atoms with E-state index in [1.165, 1.54) is 0 Å². The highest BCUT2D eigenvalue weighted by molar-refractivity contribution is 7.30. The summed E-state index contributed by atoms with van der Waals surface area (Å²) in [6.07, 6.45) is 2.50. The molecule has 0 radical (unpaired) electrons. The lowest BCUT2D eigenvalue weighted by molar-refractivity contribution is -0.132. The molecule has 0 spiro atoms. The van der Waals surface area contributed by atoms with E-state index in [9.17, 15) is 14.4 Å². The van der Waals surface area contributed by atoms with Gasteiger partial charge in [0, 0.05) is 22.8 Å². The minimum atomic E-state index is -2.87. The van der Waals surface area contributed by atoms with Crippen LogP contribution in [0.1, 0.15) is 0 Å². The van der Waals surface area contributed by atoms with Crippen LogP contribution in [0.3, 0.4) is 0 Å². The van der Waals surface area contributed by atoms with Gasteiger partial charge in [-0.1, -0.05) is 19.7 Å². The maximum absolute atomic E-state index is 9.25. The fraction of sp³-hybridized carbons (Fsp3) is 0. The normalized spacial score (nSPS) is 6.42. The van der Waals surface area contributed by atoms with Crippen LogP contribution in [-0.2, 0) is 18.9 Å². The molecule has 5 N–H and O–H groups in total. The minimum absolute atomic E-state index is 0.833. The number of hydrogen-bond donors (Lipinski definition) is 5. The minimum Gasteiger partial charge on any atom is -0.478 e. The molecule has 108 valence electrons. The first-order valence-electron chi connectivity index (χ1n) is 3.96. The van der Waals surface area contributed by atoms with Gasteiger partial charge in [-0.3, -0.25) is 0 Å². The fourth-order valence-corrected chi connectivity index (χ4v) is 0. The molecule has 0 saturated carbocycles. The first-order chi connectivity index (χ1) is 8.54. The van der Waals surface area contributed by atoms with E-state index in [0.717, 1.165) is 18.2 Å². The van der Waals surface area contributed by atoms with Crippen molar-refractivity contribution < 1.29 is 44.1 Å². The first kappa shape index (κ1) is 25.5. The Hall–Kier alpha value is -2.35. The second-order valence-corrected chi connectivity index (χ2v) is 2.39. The second kappa shape index (κ2) is 21.0. The van der Waals surface area contributed by atoms with E-state index in [4.69, 9.17) is 29.7 Å². The van der Waals surface area contributed by atoms with Gasteiger partial charge in [0.25, 0.3) is 0 Å². The number of rotatable bonds is 3. The summed E-state index contributed by atoms with van der Waals surface area (Å²) in [5.74, 6) is -2.94. The van der Waals surface area contributed by atoms with Gasteiger partial charge in [0.05, 0.1) is 0 Å². The maximum Gasteiger partial charge on any atom is 0.692 e. The first-order valence-corrected chi connectivity index (χ1v) is 5.12. The van der Waals surface area contributed by atoms with E-state index >= 15 is 0 Å². The zero-order chi connectivity index (χ0) is 16.4. The van der Waals surface area contributed by atoms with Gasteiger partial charge in [0.2, 0.25) is 0 Å². The molecule has 0 fully saturated rings. The quantitative estimate of drug-likeness (QED) is 0.365. The lowest BCUT2D eigenvalue weighted by Crippen LogP contribution is -1.82. The topological polar surface area (TPSA) is 169 Å². The lowest BCUT2D eigenvalue weighted by atomic mass is 10.7. The Morgan fingerprint density at radius 1 is 0.737 bits per heavy atom. The predicted octanol–water partition coefficient (Wildman–Crippen LogP) is 0.399. The van der Waals surface area contributed by atoms with Crippen LogP contribution in [0.2, 0.25) is 0 Å². The fourth-order valence-electron chi connectivity index (χ4n) is 0. The van der Waals surface area contributed by atoms with Crippen LogP contribution in [0.15, 0.2) is 38.0 Å². The van der Waals surface area contributed by atoms with E-state index < -0.39 is 26.2 Å². The molecule has 0 amide bonds. The lowest BCUT2D eigenvalue weighted by Gasteiger charge is -1.64. The molecule has 0 heterocycles. The second-order valence-electron chi connectivity index (χ2n) is 1.88. The average Bonchev–Trinajstić information content (AvgIpc) is 2.29. The van der Waals surface area contributed by atoms with Crippen molar-refractivity contribution in [2.24, 2.45) is 0 Å². The van der Waals surface area contributed by atoms with E-state index in [0.29, 0.717) is 0 Å². The number of carboxylic acid groups (broad SMARTS) is 3. The molecular formula is C9H14O9P+. The monoisotopic (exact) mass is 297 g/mol. The molecule has 0 aliphatic heterocycles. The molecule has 0 aliphatic carbocycles. The van der Waals surface area contributed by atoms with Gasteiger partial charge in [0.1, 0.15) is 0 Å². The molecule has 0 saturated heterocycles. The van der Waals surface area contributed by atoms with Gasteiger partial charge in [-0.25, -0.2) is 14.4 Å². The van der Waals surface area contributed by atoms with Gasteiger partial charge in [-0.15, -0.1) is 9.79 Å². The standard InChI is InChI=1S/3C3H4O2.HO3P/c3*1-2-3(4)5;1-4(2)3/h3*2H,1H2,(H,4,5);(H-,1,2,3)/p+1. The van der Waals surface area contributed by atoms with Crippen LogP contribution in [-0.4, -0.2) is 43.0 Å². The predicted molar refractivity (Wildman–Crippen MR) is 65.5 cm³/mol. The van der Waals surface area contributed by atoms with Crippen molar-refractivity contribution in [1.82, 2.24) is 0 Å². The van der Waals surface area contributed by atoms with Crippen LogP contribution in [0, 0.1) is 0 Å². The Morgan fingerprint density at radius 2 is 0.789 bits per heavy atom. The highest BCUT2D eigenvalue weighted by Crippen LogP contribution is 1.98. The summed E-state index contributed by atoms with van der Waals surface area (Å²) in [6.45, 7) is 8.88. The molecule has 0 aromatic carbocycles. The smallest absolute Gasteiger partial charge is 0.478 e. The molecule has 0 unspecified atom stereocenters. The molecule has 0 aromatic heterocycles. The summed E-state index contributed by atoms with van der Waals surface area (Å²) in [5.41, 5.74) is 0. The summed E-state index contributed by atoms with van der Waals surface area (Å²) in [7, 11) is -2.87. The van der Waals surface area contributed by atoms with Crippen LogP contribution in [0.5, 0.6) is 0 Å². The SMILES string of the molecule is C=CC(=O)O.C=CC(=O)O.C=CC(=O)O.O=[P+](O)O. The number of aliphatic carboxylic acids is 3. The molecule has 0 bridgehead atoms. The van der Waals surface area contributed by atoms with E-state index in [1.807, 2.05) is 0 Å². The van der Waals surface area contributed by atoms with Gasteiger partial charge >= 0.3 is 26.2 Å². The van der Waals surface area contributed by atoms with Crippen molar-refractivity contribution >= 4 is 26.2 Å². The summed E-state index contributed by atoms with van der Waals surface area (Å²) in [4.78, 5) is 42.0. The van der Waals surface area contributed by atoms with Crippen LogP contribution in [0.4, 0.5) is 0 Å². The zero-order valence-electron chi connectivity index (χ0n) is 9.67. The summed E-state index contributed by atoms with van der Waals surface area (Å²) in [6, 6.07) is 0. The summed E-state index contributed by atoms with van der Waals surface area (Å²) < 4.78 is 8.70. The Morgan fingerprint density at radius 3 is 0.789 bits per heavy atom.